The Balaban J connectivity index is 1.15. The zero-order chi connectivity index (χ0) is 35.5. The maximum atomic E-state index is 14.3. The molecule has 2 aliphatic carbocycles. The normalized spacial score (nSPS) is 24.0. The zero-order valence-electron chi connectivity index (χ0n) is 29.8. The van der Waals surface area contributed by atoms with Gasteiger partial charge >= 0.3 is 6.09 Å². The number of hydrogen-bond acceptors (Lipinski definition) is 5. The highest BCUT2D eigenvalue weighted by atomic mass is 19.1. The molecule has 0 aromatic heterocycles. The smallest absolute Gasteiger partial charge is 0.410 e. The molecule has 0 spiro atoms. The number of fused-ring (bicyclic) bond motifs is 2. The van der Waals surface area contributed by atoms with Crippen molar-refractivity contribution in [2.75, 3.05) is 19.6 Å². The Hall–Kier alpha value is -3.95. The van der Waals surface area contributed by atoms with Crippen LogP contribution in [0.2, 0.25) is 0 Å². The summed E-state index contributed by atoms with van der Waals surface area (Å²) in [5.74, 6) is -0.710. The van der Waals surface area contributed by atoms with Crippen molar-refractivity contribution >= 4 is 23.8 Å². The van der Waals surface area contributed by atoms with Gasteiger partial charge in [0.2, 0.25) is 17.7 Å². The van der Waals surface area contributed by atoms with E-state index in [1.807, 2.05) is 51.1 Å². The Morgan fingerprint density at radius 2 is 1.60 bits per heavy atom. The lowest BCUT2D eigenvalue weighted by Gasteiger charge is -2.48. The molecular weight excluding hydrogens is 635 g/mol. The molecule has 6 rings (SSSR count). The highest BCUT2D eigenvalue weighted by Gasteiger charge is 2.52. The summed E-state index contributed by atoms with van der Waals surface area (Å²) in [7, 11) is 0. The van der Waals surface area contributed by atoms with Gasteiger partial charge in [-0.2, -0.15) is 0 Å². The number of ether oxygens (including phenoxy) is 1. The van der Waals surface area contributed by atoms with E-state index in [1.54, 1.807) is 21.9 Å². The predicted octanol–water partition coefficient (Wildman–Crippen LogP) is 6.00. The summed E-state index contributed by atoms with van der Waals surface area (Å²) in [4.78, 5) is 58.8. The van der Waals surface area contributed by atoms with Crippen molar-refractivity contribution in [3.63, 3.8) is 0 Å². The first-order valence-corrected chi connectivity index (χ1v) is 18.6. The number of benzene rings is 2. The van der Waals surface area contributed by atoms with Crippen LogP contribution >= 0.6 is 0 Å². The van der Waals surface area contributed by atoms with Gasteiger partial charge in [0.25, 0.3) is 0 Å². The lowest BCUT2D eigenvalue weighted by atomic mass is 9.63. The van der Waals surface area contributed by atoms with Crippen LogP contribution in [0.3, 0.4) is 0 Å². The molecular formula is C40H53FN4O5. The molecule has 4 atom stereocenters. The van der Waals surface area contributed by atoms with Gasteiger partial charge < -0.3 is 25.2 Å². The minimum absolute atomic E-state index is 0.0864. The van der Waals surface area contributed by atoms with Gasteiger partial charge in [0, 0.05) is 37.6 Å². The monoisotopic (exact) mass is 688 g/mol. The first kappa shape index (κ1) is 35.9. The Labute approximate surface area is 295 Å². The van der Waals surface area contributed by atoms with Crippen molar-refractivity contribution in [1.82, 2.24) is 20.4 Å². The number of nitrogens with zero attached hydrogens (tertiary/aromatic N) is 2. The minimum Gasteiger partial charge on any atom is -0.445 e. The molecule has 2 N–H and O–H groups in total. The Morgan fingerprint density at radius 3 is 2.24 bits per heavy atom. The minimum atomic E-state index is -0.865. The number of rotatable bonds is 9. The summed E-state index contributed by atoms with van der Waals surface area (Å²) in [6.07, 6.45) is 7.79. The van der Waals surface area contributed by atoms with E-state index in [0.29, 0.717) is 38.9 Å². The van der Waals surface area contributed by atoms with Gasteiger partial charge in [-0.1, -0.05) is 61.7 Å². The molecule has 2 heterocycles. The molecule has 2 aliphatic heterocycles. The third-order valence-electron chi connectivity index (χ3n) is 11.5. The Morgan fingerprint density at radius 1 is 0.920 bits per heavy atom. The Kier molecular flexibility index (Phi) is 10.8. The SMILES string of the molecule is CC(C)(C)NC(=O)C1(C2CCCCC2)CCN(C(=O)[C@@H](Cc2ccc(F)cc2)NC(=O)[C@@H]2C[C@H]3C[C@H]2N(C(=O)OCc2ccccc2)C3)CC1. The van der Waals surface area contributed by atoms with Gasteiger partial charge in [-0.15, -0.1) is 0 Å². The molecule has 0 unspecified atom stereocenters. The first-order chi connectivity index (χ1) is 23.9. The number of piperidine rings is 2. The zero-order valence-corrected chi connectivity index (χ0v) is 29.8. The largest absolute Gasteiger partial charge is 0.445 e. The van der Waals surface area contributed by atoms with E-state index in [-0.39, 0.29) is 60.0 Å². The summed E-state index contributed by atoms with van der Waals surface area (Å²) in [5.41, 5.74) is 0.749. The van der Waals surface area contributed by atoms with Gasteiger partial charge in [0.05, 0.1) is 11.3 Å². The molecule has 4 aliphatic rings. The average molecular weight is 689 g/mol. The topological polar surface area (TPSA) is 108 Å². The van der Waals surface area contributed by atoms with Crippen molar-refractivity contribution < 1.29 is 28.3 Å². The second-order valence-electron chi connectivity index (χ2n) is 16.1. The highest BCUT2D eigenvalue weighted by Crippen LogP contribution is 2.47. The summed E-state index contributed by atoms with van der Waals surface area (Å²) in [5, 5.41) is 6.34. The van der Waals surface area contributed by atoms with Crippen LogP contribution in [0.15, 0.2) is 54.6 Å². The molecule has 10 heteroatoms. The fraction of sp³-hybridized carbons (Fsp3) is 0.600. The second-order valence-corrected chi connectivity index (χ2v) is 16.1. The molecule has 0 radical (unpaired) electrons. The summed E-state index contributed by atoms with van der Waals surface area (Å²) in [6, 6.07) is 14.3. The summed E-state index contributed by atoms with van der Waals surface area (Å²) < 4.78 is 19.4. The average Bonchev–Trinajstić information content (AvgIpc) is 3.73. The molecule has 2 aromatic rings. The maximum Gasteiger partial charge on any atom is 0.410 e. The van der Waals surface area contributed by atoms with Crippen LogP contribution in [0.4, 0.5) is 9.18 Å². The molecule has 2 aromatic carbocycles. The molecule has 2 bridgehead atoms. The fourth-order valence-electron chi connectivity index (χ4n) is 8.94. The molecule has 9 nitrogen and oxygen atoms in total. The first-order valence-electron chi connectivity index (χ1n) is 18.6. The van der Waals surface area contributed by atoms with Crippen molar-refractivity contribution in [2.24, 2.45) is 23.2 Å². The van der Waals surface area contributed by atoms with E-state index < -0.39 is 23.5 Å². The quantitative estimate of drug-likeness (QED) is 0.336. The van der Waals surface area contributed by atoms with Crippen LogP contribution in [0.25, 0.3) is 0 Å². The molecule has 2 saturated carbocycles. The van der Waals surface area contributed by atoms with Crippen molar-refractivity contribution in [2.45, 2.75) is 109 Å². The van der Waals surface area contributed by atoms with Crippen molar-refractivity contribution in [3.05, 3.63) is 71.5 Å². The van der Waals surface area contributed by atoms with Crippen LogP contribution in [-0.4, -0.2) is 70.9 Å². The van der Waals surface area contributed by atoms with Crippen LogP contribution in [-0.2, 0) is 32.1 Å². The fourth-order valence-corrected chi connectivity index (χ4v) is 8.94. The number of halogens is 1. The summed E-state index contributed by atoms with van der Waals surface area (Å²) >= 11 is 0. The van der Waals surface area contributed by atoms with Gasteiger partial charge in [-0.25, -0.2) is 9.18 Å². The third kappa shape index (κ3) is 8.16. The van der Waals surface area contributed by atoms with Crippen LogP contribution in [0.1, 0.15) is 89.7 Å². The second kappa shape index (κ2) is 15.1. The number of amides is 4. The molecule has 4 fully saturated rings. The van der Waals surface area contributed by atoms with Gasteiger partial charge in [-0.05, 0) is 94.4 Å². The molecule has 270 valence electrons. The number of carbonyl (C=O) groups excluding carboxylic acids is 4. The summed E-state index contributed by atoms with van der Waals surface area (Å²) in [6.45, 7) is 7.58. The lowest BCUT2D eigenvalue weighted by molar-refractivity contribution is -0.147. The predicted molar refractivity (Wildman–Crippen MR) is 188 cm³/mol. The van der Waals surface area contributed by atoms with E-state index in [1.165, 1.54) is 18.6 Å². The number of carbonyl (C=O) groups is 4. The molecule has 2 saturated heterocycles. The van der Waals surface area contributed by atoms with E-state index in [0.717, 1.165) is 43.2 Å². The van der Waals surface area contributed by atoms with Crippen LogP contribution in [0, 0.1) is 29.0 Å². The van der Waals surface area contributed by atoms with Crippen molar-refractivity contribution in [3.8, 4) is 0 Å². The van der Waals surface area contributed by atoms with E-state index in [4.69, 9.17) is 4.74 Å². The number of nitrogens with one attached hydrogen (secondary N) is 2. The standard InChI is InChI=1S/C40H53FN4O5/c1-39(2,3)43-37(48)40(30-12-8-5-9-13-30)18-20-44(21-19-40)36(47)33(23-27-14-16-31(41)17-15-27)42-35(46)32-22-29-24-34(32)45(25-29)38(49)50-26-28-10-6-4-7-11-28/h4,6-7,10-11,14-17,29-30,32-34H,5,8-9,12-13,18-26H2,1-3H3,(H,42,46)(H,43,48)/t29-,32+,33+,34+/m0/s1. The van der Waals surface area contributed by atoms with E-state index in [2.05, 4.69) is 10.6 Å². The van der Waals surface area contributed by atoms with Gasteiger partial charge in [-0.3, -0.25) is 14.4 Å². The van der Waals surface area contributed by atoms with Crippen molar-refractivity contribution in [1.29, 1.82) is 0 Å². The molecule has 50 heavy (non-hydrogen) atoms. The van der Waals surface area contributed by atoms with Crippen LogP contribution < -0.4 is 10.6 Å². The molecule has 4 amide bonds. The van der Waals surface area contributed by atoms with Gasteiger partial charge in [0.15, 0.2) is 0 Å². The third-order valence-corrected chi connectivity index (χ3v) is 11.5. The van der Waals surface area contributed by atoms with Crippen LogP contribution in [0.5, 0.6) is 0 Å². The van der Waals surface area contributed by atoms with E-state index >= 15 is 0 Å². The van der Waals surface area contributed by atoms with E-state index in [9.17, 15) is 23.6 Å². The lowest BCUT2D eigenvalue weighted by Crippen LogP contribution is -2.59. The number of likely N-dealkylation sites (tertiary alicyclic amines) is 2. The Bertz CT molecular complexity index is 1510. The number of hydrogen-bond donors (Lipinski definition) is 2. The maximum absolute atomic E-state index is 14.3. The van der Waals surface area contributed by atoms with Gasteiger partial charge in [0.1, 0.15) is 18.5 Å². The highest BCUT2D eigenvalue weighted by molar-refractivity contribution is 5.90.